The summed E-state index contributed by atoms with van der Waals surface area (Å²) in [7, 11) is 0. The summed E-state index contributed by atoms with van der Waals surface area (Å²) in [5.41, 5.74) is 3.78. The zero-order chi connectivity index (χ0) is 8.55. The molecule has 0 fully saturated rings. The fraction of sp³-hybridized carbons (Fsp3) is 0.273. The van der Waals surface area contributed by atoms with Gasteiger partial charge in [-0.1, -0.05) is 18.2 Å². The summed E-state index contributed by atoms with van der Waals surface area (Å²) in [5, 5.41) is 0. The van der Waals surface area contributed by atoms with Crippen LogP contribution >= 0.6 is 0 Å². The summed E-state index contributed by atoms with van der Waals surface area (Å²) in [6.45, 7) is 4.92. The number of aryl methyl sites for hydroxylation is 1. The highest BCUT2D eigenvalue weighted by atomic mass is 16.5. The molecule has 12 heavy (non-hydrogen) atoms. The molecule has 1 heteroatoms. The summed E-state index contributed by atoms with van der Waals surface area (Å²) in [6.07, 6.45) is 2.11. The number of hydrogen-bond acceptors (Lipinski definition) is 1. The topological polar surface area (TPSA) is 9.23 Å². The lowest BCUT2D eigenvalue weighted by Gasteiger charge is -2.17. The first-order chi connectivity index (χ1) is 5.79. The predicted molar refractivity (Wildman–Crippen MR) is 50.3 cm³/mol. The van der Waals surface area contributed by atoms with Gasteiger partial charge in [0.2, 0.25) is 0 Å². The van der Waals surface area contributed by atoms with Gasteiger partial charge in [-0.25, -0.2) is 0 Å². The molecule has 0 saturated heterocycles. The van der Waals surface area contributed by atoms with Crippen LogP contribution in [0.4, 0.5) is 0 Å². The average Bonchev–Trinajstić information content (AvgIpc) is 2.07. The molecule has 1 aliphatic rings. The summed E-state index contributed by atoms with van der Waals surface area (Å²) < 4.78 is 5.55. The van der Waals surface area contributed by atoms with Gasteiger partial charge in [-0.3, -0.25) is 0 Å². The molecule has 0 atom stereocenters. The van der Waals surface area contributed by atoms with Crippen molar-refractivity contribution >= 4 is 5.57 Å². The van der Waals surface area contributed by atoms with Crippen LogP contribution in [0.2, 0.25) is 0 Å². The van der Waals surface area contributed by atoms with Crippen LogP contribution < -0.4 is 4.74 Å². The van der Waals surface area contributed by atoms with Crippen molar-refractivity contribution in [2.45, 2.75) is 13.8 Å². The third-order valence-corrected chi connectivity index (χ3v) is 2.25. The van der Waals surface area contributed by atoms with Gasteiger partial charge in [-0.2, -0.15) is 0 Å². The SMILES string of the molecule is CC1=CCOc2c(C)cccc21. The Morgan fingerprint density at radius 3 is 2.83 bits per heavy atom. The van der Waals surface area contributed by atoms with Gasteiger partial charge in [0.05, 0.1) is 0 Å². The van der Waals surface area contributed by atoms with Crippen LogP contribution in [0.25, 0.3) is 5.57 Å². The smallest absolute Gasteiger partial charge is 0.130 e. The minimum Gasteiger partial charge on any atom is -0.489 e. The van der Waals surface area contributed by atoms with Crippen LogP contribution in [-0.4, -0.2) is 6.61 Å². The van der Waals surface area contributed by atoms with E-state index in [4.69, 9.17) is 4.74 Å². The molecule has 0 spiro atoms. The quantitative estimate of drug-likeness (QED) is 0.567. The van der Waals surface area contributed by atoms with Gasteiger partial charge < -0.3 is 4.74 Å². The van der Waals surface area contributed by atoms with Crippen molar-refractivity contribution in [3.63, 3.8) is 0 Å². The zero-order valence-corrected chi connectivity index (χ0v) is 7.42. The van der Waals surface area contributed by atoms with Crippen molar-refractivity contribution in [1.82, 2.24) is 0 Å². The standard InChI is InChI=1S/C11H12O/c1-8-6-7-12-11-9(2)4-3-5-10(8)11/h3-6H,7H2,1-2H3. The van der Waals surface area contributed by atoms with E-state index in [1.165, 1.54) is 16.7 Å². The van der Waals surface area contributed by atoms with Crippen molar-refractivity contribution in [2.75, 3.05) is 6.61 Å². The van der Waals surface area contributed by atoms with E-state index < -0.39 is 0 Å². The Labute approximate surface area is 72.7 Å². The molecule has 1 heterocycles. The molecule has 1 aromatic carbocycles. The van der Waals surface area contributed by atoms with E-state index in [0.29, 0.717) is 6.61 Å². The van der Waals surface area contributed by atoms with E-state index in [0.717, 1.165) is 5.75 Å². The Kier molecular flexibility index (Phi) is 1.65. The van der Waals surface area contributed by atoms with E-state index >= 15 is 0 Å². The molecular weight excluding hydrogens is 148 g/mol. The first-order valence-electron chi connectivity index (χ1n) is 4.18. The van der Waals surface area contributed by atoms with Crippen LogP contribution in [0.15, 0.2) is 24.3 Å². The van der Waals surface area contributed by atoms with Gasteiger partial charge in [-0.05, 0) is 31.1 Å². The minimum absolute atomic E-state index is 0.712. The van der Waals surface area contributed by atoms with Crippen molar-refractivity contribution in [3.05, 3.63) is 35.4 Å². The van der Waals surface area contributed by atoms with Gasteiger partial charge in [0.25, 0.3) is 0 Å². The summed E-state index contributed by atoms with van der Waals surface area (Å²) in [5.74, 6) is 1.05. The maximum Gasteiger partial charge on any atom is 0.130 e. The summed E-state index contributed by atoms with van der Waals surface area (Å²) in [4.78, 5) is 0. The molecule has 0 aromatic heterocycles. The second-order valence-electron chi connectivity index (χ2n) is 3.15. The molecule has 62 valence electrons. The first kappa shape index (κ1) is 7.41. The van der Waals surface area contributed by atoms with E-state index in [2.05, 4.69) is 38.1 Å². The maximum atomic E-state index is 5.55. The average molecular weight is 160 g/mol. The number of rotatable bonds is 0. The zero-order valence-electron chi connectivity index (χ0n) is 7.42. The molecule has 0 bridgehead atoms. The van der Waals surface area contributed by atoms with Crippen LogP contribution in [0, 0.1) is 6.92 Å². The molecule has 0 amide bonds. The Bertz CT molecular complexity index is 337. The number of fused-ring (bicyclic) bond motifs is 1. The molecule has 0 saturated carbocycles. The monoisotopic (exact) mass is 160 g/mol. The van der Waals surface area contributed by atoms with Crippen LogP contribution in [0.5, 0.6) is 5.75 Å². The molecule has 0 aliphatic carbocycles. The lowest BCUT2D eigenvalue weighted by Crippen LogP contribution is -2.04. The first-order valence-corrected chi connectivity index (χ1v) is 4.18. The molecule has 0 N–H and O–H groups in total. The molecule has 0 radical (unpaired) electrons. The van der Waals surface area contributed by atoms with E-state index in [1.807, 2.05) is 0 Å². The Morgan fingerprint density at radius 1 is 1.25 bits per heavy atom. The number of benzene rings is 1. The highest BCUT2D eigenvalue weighted by molar-refractivity contribution is 5.71. The highest BCUT2D eigenvalue weighted by Gasteiger charge is 2.11. The Morgan fingerprint density at radius 2 is 2.08 bits per heavy atom. The Hall–Kier alpha value is -1.24. The van der Waals surface area contributed by atoms with E-state index in [9.17, 15) is 0 Å². The van der Waals surface area contributed by atoms with Crippen LogP contribution in [0.1, 0.15) is 18.1 Å². The second kappa shape index (κ2) is 2.67. The number of hydrogen-bond donors (Lipinski definition) is 0. The van der Waals surface area contributed by atoms with Crippen LogP contribution in [-0.2, 0) is 0 Å². The van der Waals surface area contributed by atoms with Crippen molar-refractivity contribution in [2.24, 2.45) is 0 Å². The number of allylic oxidation sites excluding steroid dienone is 1. The fourth-order valence-corrected chi connectivity index (χ4v) is 1.51. The third-order valence-electron chi connectivity index (χ3n) is 2.25. The number of para-hydroxylation sites is 1. The highest BCUT2D eigenvalue weighted by Crippen LogP contribution is 2.31. The van der Waals surface area contributed by atoms with Crippen molar-refractivity contribution in [1.29, 1.82) is 0 Å². The third kappa shape index (κ3) is 1.02. The Balaban J connectivity index is 2.62. The molecule has 1 nitrogen and oxygen atoms in total. The van der Waals surface area contributed by atoms with Gasteiger partial charge in [0.1, 0.15) is 12.4 Å². The fourth-order valence-electron chi connectivity index (χ4n) is 1.51. The minimum atomic E-state index is 0.712. The summed E-state index contributed by atoms with van der Waals surface area (Å²) >= 11 is 0. The van der Waals surface area contributed by atoms with Gasteiger partial charge in [-0.15, -0.1) is 0 Å². The van der Waals surface area contributed by atoms with Crippen molar-refractivity contribution < 1.29 is 4.74 Å². The molecule has 0 unspecified atom stereocenters. The van der Waals surface area contributed by atoms with E-state index in [-0.39, 0.29) is 0 Å². The largest absolute Gasteiger partial charge is 0.489 e. The van der Waals surface area contributed by atoms with Crippen molar-refractivity contribution in [3.8, 4) is 5.75 Å². The second-order valence-corrected chi connectivity index (χ2v) is 3.15. The molecule has 1 aromatic rings. The van der Waals surface area contributed by atoms with Gasteiger partial charge >= 0.3 is 0 Å². The number of ether oxygens (including phenoxy) is 1. The van der Waals surface area contributed by atoms with Crippen LogP contribution in [0.3, 0.4) is 0 Å². The lowest BCUT2D eigenvalue weighted by atomic mass is 10.0. The molecular formula is C11H12O. The van der Waals surface area contributed by atoms with Gasteiger partial charge in [0, 0.05) is 5.56 Å². The van der Waals surface area contributed by atoms with Gasteiger partial charge in [0.15, 0.2) is 0 Å². The van der Waals surface area contributed by atoms with E-state index in [1.54, 1.807) is 0 Å². The lowest BCUT2D eigenvalue weighted by molar-refractivity contribution is 0.354. The predicted octanol–water partition coefficient (Wildman–Crippen LogP) is 2.79. The molecule has 2 rings (SSSR count). The summed E-state index contributed by atoms with van der Waals surface area (Å²) in [6, 6.07) is 6.25. The maximum absolute atomic E-state index is 5.55. The molecule has 1 aliphatic heterocycles. The normalized spacial score (nSPS) is 14.7.